The molecule has 2 aromatic heterocycles. The second-order valence-corrected chi connectivity index (χ2v) is 7.15. The quantitative estimate of drug-likeness (QED) is 0.782. The molecule has 0 atom stereocenters. The summed E-state index contributed by atoms with van der Waals surface area (Å²) in [6.07, 6.45) is 1.50. The Hall–Kier alpha value is -2.19. The molecule has 0 fully saturated rings. The van der Waals surface area contributed by atoms with Crippen LogP contribution in [0, 0.1) is 0 Å². The van der Waals surface area contributed by atoms with Gasteiger partial charge >= 0.3 is 0 Å². The lowest BCUT2D eigenvalue weighted by molar-refractivity contribution is 0.602. The molecule has 1 aromatic carbocycles. The summed E-state index contributed by atoms with van der Waals surface area (Å²) in [6, 6.07) is 13.0. The van der Waals surface area contributed by atoms with Crippen LogP contribution in [-0.2, 0) is 16.6 Å². The zero-order chi connectivity index (χ0) is 14.7. The van der Waals surface area contributed by atoms with Crippen molar-refractivity contribution in [2.45, 2.75) is 10.8 Å². The largest absolute Gasteiger partial charge is 0.273 e. The van der Waals surface area contributed by atoms with Crippen molar-refractivity contribution in [1.82, 2.24) is 14.8 Å². The van der Waals surface area contributed by atoms with Gasteiger partial charge in [0.05, 0.1) is 6.54 Å². The molecule has 0 radical (unpaired) electrons. The van der Waals surface area contributed by atoms with E-state index in [1.165, 1.54) is 12.4 Å². The van der Waals surface area contributed by atoms with Gasteiger partial charge in [-0.25, -0.2) is 17.8 Å². The summed E-state index contributed by atoms with van der Waals surface area (Å²) in [5.41, 5.74) is 1.06. The Morgan fingerprint density at radius 2 is 1.95 bits per heavy atom. The molecule has 3 aromatic rings. The molecule has 2 heterocycles. The first-order chi connectivity index (χ1) is 10.1. The van der Waals surface area contributed by atoms with Gasteiger partial charge in [-0.1, -0.05) is 36.4 Å². The van der Waals surface area contributed by atoms with Gasteiger partial charge in [0.1, 0.15) is 10.5 Å². The van der Waals surface area contributed by atoms with Crippen LogP contribution in [0.1, 0.15) is 5.56 Å². The topological polar surface area (TPSA) is 76.9 Å². The van der Waals surface area contributed by atoms with E-state index >= 15 is 0 Å². The Labute approximate surface area is 126 Å². The van der Waals surface area contributed by atoms with Gasteiger partial charge in [-0.15, -0.1) is 16.4 Å². The number of nitrogens with one attached hydrogen (secondary N) is 1. The number of hydrogen-bond acceptors (Lipinski definition) is 5. The number of aromatic nitrogens is 3. The molecule has 0 bridgehead atoms. The van der Waals surface area contributed by atoms with E-state index in [9.17, 15) is 8.42 Å². The SMILES string of the molecule is O=S(=O)(Nc1ncn(Cc2ccccc2)n1)c1cccs1. The smallest absolute Gasteiger partial charge is 0.246 e. The van der Waals surface area contributed by atoms with E-state index in [2.05, 4.69) is 14.8 Å². The third-order valence-electron chi connectivity index (χ3n) is 2.71. The molecule has 0 aliphatic carbocycles. The Bertz CT molecular complexity index is 811. The molecular formula is C13H12N4O2S2. The predicted molar refractivity (Wildman–Crippen MR) is 80.7 cm³/mol. The summed E-state index contributed by atoms with van der Waals surface area (Å²) in [7, 11) is -3.60. The normalized spacial score (nSPS) is 11.4. The van der Waals surface area contributed by atoms with Crippen molar-refractivity contribution in [3.63, 3.8) is 0 Å². The maximum Gasteiger partial charge on any atom is 0.273 e. The van der Waals surface area contributed by atoms with Crippen molar-refractivity contribution in [2.24, 2.45) is 0 Å². The Balaban J connectivity index is 1.74. The zero-order valence-corrected chi connectivity index (χ0v) is 12.5. The molecule has 6 nitrogen and oxygen atoms in total. The van der Waals surface area contributed by atoms with E-state index in [1.54, 1.807) is 16.1 Å². The molecule has 0 saturated carbocycles. The lowest BCUT2D eigenvalue weighted by atomic mass is 10.2. The van der Waals surface area contributed by atoms with Crippen LogP contribution in [0.25, 0.3) is 0 Å². The first kappa shape index (κ1) is 13.8. The number of thiophene rings is 1. The van der Waals surface area contributed by atoms with Gasteiger partial charge in [0.25, 0.3) is 16.0 Å². The third-order valence-corrected chi connectivity index (χ3v) is 5.44. The minimum Gasteiger partial charge on any atom is -0.246 e. The summed E-state index contributed by atoms with van der Waals surface area (Å²) in [6.45, 7) is 0.536. The zero-order valence-electron chi connectivity index (χ0n) is 10.9. The Kier molecular flexibility index (Phi) is 3.72. The molecule has 21 heavy (non-hydrogen) atoms. The van der Waals surface area contributed by atoms with Crippen LogP contribution in [0.5, 0.6) is 0 Å². The van der Waals surface area contributed by atoms with Crippen LogP contribution in [-0.4, -0.2) is 23.2 Å². The maximum atomic E-state index is 12.0. The third kappa shape index (κ3) is 3.29. The summed E-state index contributed by atoms with van der Waals surface area (Å²) >= 11 is 1.15. The highest BCUT2D eigenvalue weighted by Crippen LogP contribution is 2.18. The molecule has 0 unspecified atom stereocenters. The molecule has 3 rings (SSSR count). The van der Waals surface area contributed by atoms with Crippen LogP contribution in [0.3, 0.4) is 0 Å². The van der Waals surface area contributed by atoms with E-state index in [4.69, 9.17) is 0 Å². The van der Waals surface area contributed by atoms with Gasteiger partial charge in [0.15, 0.2) is 0 Å². The molecule has 0 saturated heterocycles. The number of benzene rings is 1. The monoisotopic (exact) mass is 320 g/mol. The average Bonchev–Trinajstić information content (AvgIpc) is 3.11. The van der Waals surface area contributed by atoms with Gasteiger partial charge < -0.3 is 0 Å². The van der Waals surface area contributed by atoms with Crippen molar-refractivity contribution in [2.75, 3.05) is 4.72 Å². The summed E-state index contributed by atoms with van der Waals surface area (Å²) in [5, 5.41) is 5.82. The van der Waals surface area contributed by atoms with Crippen LogP contribution in [0.4, 0.5) is 5.95 Å². The fraction of sp³-hybridized carbons (Fsp3) is 0.0769. The van der Waals surface area contributed by atoms with Gasteiger partial charge in [-0.2, -0.15) is 4.98 Å². The van der Waals surface area contributed by atoms with E-state index in [0.29, 0.717) is 6.54 Å². The van der Waals surface area contributed by atoms with Crippen LogP contribution in [0.15, 0.2) is 58.4 Å². The van der Waals surface area contributed by atoms with Crippen molar-refractivity contribution in [1.29, 1.82) is 0 Å². The van der Waals surface area contributed by atoms with E-state index in [1.807, 2.05) is 30.3 Å². The number of sulfonamides is 1. The Morgan fingerprint density at radius 1 is 1.14 bits per heavy atom. The molecule has 0 amide bonds. The van der Waals surface area contributed by atoms with Crippen LogP contribution < -0.4 is 4.72 Å². The van der Waals surface area contributed by atoms with Crippen LogP contribution in [0.2, 0.25) is 0 Å². The molecule has 8 heteroatoms. The minimum absolute atomic E-state index is 0.0688. The summed E-state index contributed by atoms with van der Waals surface area (Å²) in [5.74, 6) is 0.0688. The first-order valence-corrected chi connectivity index (χ1v) is 8.49. The lowest BCUT2D eigenvalue weighted by Crippen LogP contribution is -2.13. The molecule has 0 spiro atoms. The number of anilines is 1. The minimum atomic E-state index is -3.60. The highest BCUT2D eigenvalue weighted by atomic mass is 32.2. The number of nitrogens with zero attached hydrogens (tertiary/aromatic N) is 3. The van der Waals surface area contributed by atoms with Gasteiger partial charge in [-0.05, 0) is 17.0 Å². The molecule has 0 aliphatic rings. The predicted octanol–water partition coefficient (Wildman–Crippen LogP) is 2.19. The van der Waals surface area contributed by atoms with E-state index in [0.717, 1.165) is 16.9 Å². The van der Waals surface area contributed by atoms with Crippen molar-refractivity contribution < 1.29 is 8.42 Å². The standard InChI is InChI=1S/C13H12N4O2S2/c18-21(19,12-7-4-8-20-12)16-13-14-10-17(15-13)9-11-5-2-1-3-6-11/h1-8,10H,9H2,(H,15,16). The maximum absolute atomic E-state index is 12.0. The second-order valence-electron chi connectivity index (χ2n) is 4.29. The second kappa shape index (κ2) is 5.66. The summed E-state index contributed by atoms with van der Waals surface area (Å²) < 4.78 is 28.3. The van der Waals surface area contributed by atoms with E-state index < -0.39 is 10.0 Å². The summed E-state index contributed by atoms with van der Waals surface area (Å²) in [4.78, 5) is 3.97. The van der Waals surface area contributed by atoms with Crippen LogP contribution >= 0.6 is 11.3 Å². The first-order valence-electron chi connectivity index (χ1n) is 6.13. The van der Waals surface area contributed by atoms with Crippen molar-refractivity contribution in [3.8, 4) is 0 Å². The lowest BCUT2D eigenvalue weighted by Gasteiger charge is -2.02. The van der Waals surface area contributed by atoms with Crippen molar-refractivity contribution in [3.05, 3.63) is 59.7 Å². The molecular weight excluding hydrogens is 308 g/mol. The van der Waals surface area contributed by atoms with Gasteiger partial charge in [0, 0.05) is 0 Å². The molecule has 1 N–H and O–H groups in total. The number of rotatable bonds is 5. The number of hydrogen-bond donors (Lipinski definition) is 1. The van der Waals surface area contributed by atoms with Crippen molar-refractivity contribution >= 4 is 27.3 Å². The molecule has 0 aliphatic heterocycles. The fourth-order valence-electron chi connectivity index (χ4n) is 1.77. The van der Waals surface area contributed by atoms with Gasteiger partial charge in [0.2, 0.25) is 0 Å². The average molecular weight is 320 g/mol. The Morgan fingerprint density at radius 3 is 2.67 bits per heavy atom. The van der Waals surface area contributed by atoms with E-state index in [-0.39, 0.29) is 10.2 Å². The highest BCUT2D eigenvalue weighted by molar-refractivity contribution is 7.94. The van der Waals surface area contributed by atoms with Gasteiger partial charge in [-0.3, -0.25) is 0 Å². The fourth-order valence-corrected chi connectivity index (χ4v) is 3.71. The highest BCUT2D eigenvalue weighted by Gasteiger charge is 2.17. The molecule has 108 valence electrons.